The van der Waals surface area contributed by atoms with E-state index in [9.17, 15) is 5.11 Å². The van der Waals surface area contributed by atoms with Gasteiger partial charge >= 0.3 is 0 Å². The van der Waals surface area contributed by atoms with Crippen LogP contribution in [-0.2, 0) is 0 Å². The average Bonchev–Trinajstić information content (AvgIpc) is 2.67. The summed E-state index contributed by atoms with van der Waals surface area (Å²) in [6.07, 6.45) is -0.571. The normalized spacial score (nSPS) is 12.8. The van der Waals surface area contributed by atoms with Gasteiger partial charge in [0.15, 0.2) is 0 Å². The van der Waals surface area contributed by atoms with Crippen LogP contribution in [0.15, 0.2) is 37.9 Å². The fourth-order valence-electron chi connectivity index (χ4n) is 1.54. The van der Waals surface area contributed by atoms with Crippen LogP contribution in [-0.4, -0.2) is 5.11 Å². The molecule has 0 fully saturated rings. The van der Waals surface area contributed by atoms with Gasteiger partial charge in [0.1, 0.15) is 6.10 Å². The van der Waals surface area contributed by atoms with Crippen LogP contribution in [0.1, 0.15) is 22.8 Å². The van der Waals surface area contributed by atoms with Crippen LogP contribution in [0.4, 0.5) is 0 Å². The molecule has 0 bridgehead atoms. The second kappa shape index (κ2) is 5.00. The molecular formula is C12H10Br2OS. The second-order valence-corrected chi connectivity index (χ2v) is 6.09. The number of aliphatic hydroxyl groups is 1. The molecule has 1 unspecified atom stereocenters. The topological polar surface area (TPSA) is 20.2 Å². The zero-order chi connectivity index (χ0) is 11.7. The molecule has 84 valence electrons. The summed E-state index contributed by atoms with van der Waals surface area (Å²) >= 11 is 8.49. The van der Waals surface area contributed by atoms with Gasteiger partial charge < -0.3 is 5.11 Å². The van der Waals surface area contributed by atoms with Crippen LogP contribution in [0, 0.1) is 6.92 Å². The summed E-state index contributed by atoms with van der Waals surface area (Å²) < 4.78 is 1.89. The number of aliphatic hydroxyl groups excluding tert-OH is 1. The van der Waals surface area contributed by atoms with Gasteiger partial charge in [0.25, 0.3) is 0 Å². The number of hydrogen-bond donors (Lipinski definition) is 1. The zero-order valence-electron chi connectivity index (χ0n) is 8.58. The SMILES string of the molecule is Cc1cscc1C(O)c1cc(Br)ccc1Br. The standard InChI is InChI=1S/C12H10Br2OS/c1-7-5-16-6-10(7)12(15)9-4-8(13)2-3-11(9)14/h2-6,12,15H,1H3. The van der Waals surface area contributed by atoms with E-state index in [1.807, 2.05) is 35.9 Å². The summed E-state index contributed by atoms with van der Waals surface area (Å²) in [6, 6.07) is 5.82. The molecule has 0 aliphatic carbocycles. The molecule has 0 radical (unpaired) electrons. The first-order valence-electron chi connectivity index (χ1n) is 4.75. The Morgan fingerprint density at radius 1 is 1.19 bits per heavy atom. The van der Waals surface area contributed by atoms with Gasteiger partial charge in [-0.3, -0.25) is 0 Å². The average molecular weight is 362 g/mol. The molecule has 2 aromatic rings. The fourth-order valence-corrected chi connectivity index (χ4v) is 3.25. The summed E-state index contributed by atoms with van der Waals surface area (Å²) in [6.45, 7) is 2.01. The molecule has 0 saturated heterocycles. The number of rotatable bonds is 2. The van der Waals surface area contributed by atoms with E-state index >= 15 is 0 Å². The Morgan fingerprint density at radius 2 is 1.94 bits per heavy atom. The van der Waals surface area contributed by atoms with Crippen LogP contribution >= 0.6 is 43.2 Å². The Balaban J connectivity index is 2.45. The molecule has 0 aliphatic rings. The molecule has 1 atom stereocenters. The molecule has 0 spiro atoms. The van der Waals surface area contributed by atoms with Crippen molar-refractivity contribution in [3.8, 4) is 0 Å². The van der Waals surface area contributed by atoms with Gasteiger partial charge in [0.05, 0.1) is 0 Å². The number of aryl methyl sites for hydroxylation is 1. The number of hydrogen-bond acceptors (Lipinski definition) is 2. The maximum atomic E-state index is 10.3. The highest BCUT2D eigenvalue weighted by Crippen LogP contribution is 2.33. The highest BCUT2D eigenvalue weighted by molar-refractivity contribution is 9.11. The first-order valence-corrected chi connectivity index (χ1v) is 7.28. The van der Waals surface area contributed by atoms with E-state index < -0.39 is 6.10 Å². The predicted octanol–water partition coefficient (Wildman–Crippen LogP) is 4.66. The summed E-state index contributed by atoms with van der Waals surface area (Å²) in [5.74, 6) is 0. The quantitative estimate of drug-likeness (QED) is 0.824. The van der Waals surface area contributed by atoms with Crippen molar-refractivity contribution < 1.29 is 5.11 Å². The zero-order valence-corrected chi connectivity index (χ0v) is 12.6. The van der Waals surface area contributed by atoms with Gasteiger partial charge in [-0.05, 0) is 47.0 Å². The smallest absolute Gasteiger partial charge is 0.106 e. The maximum Gasteiger partial charge on any atom is 0.106 e. The Morgan fingerprint density at radius 3 is 2.56 bits per heavy atom. The van der Waals surface area contributed by atoms with Crippen LogP contribution in [0.25, 0.3) is 0 Å². The van der Waals surface area contributed by atoms with Crippen molar-refractivity contribution in [3.05, 3.63) is 54.6 Å². The lowest BCUT2D eigenvalue weighted by atomic mass is 10.0. The van der Waals surface area contributed by atoms with E-state index in [2.05, 4.69) is 31.9 Å². The summed E-state index contributed by atoms with van der Waals surface area (Å²) in [5.41, 5.74) is 2.99. The third-order valence-corrected chi connectivity index (χ3v) is 4.54. The number of thiophene rings is 1. The Kier molecular flexibility index (Phi) is 3.85. The van der Waals surface area contributed by atoms with Crippen molar-refractivity contribution in [3.63, 3.8) is 0 Å². The Hall–Kier alpha value is -0.160. The number of halogens is 2. The minimum Gasteiger partial charge on any atom is -0.384 e. The van der Waals surface area contributed by atoms with E-state index in [-0.39, 0.29) is 0 Å². The van der Waals surface area contributed by atoms with Gasteiger partial charge in [-0.15, -0.1) is 0 Å². The van der Waals surface area contributed by atoms with Crippen molar-refractivity contribution in [2.24, 2.45) is 0 Å². The molecule has 4 heteroatoms. The Labute approximate surface area is 115 Å². The minimum atomic E-state index is -0.571. The molecule has 0 amide bonds. The van der Waals surface area contributed by atoms with Crippen LogP contribution in [0.5, 0.6) is 0 Å². The van der Waals surface area contributed by atoms with Crippen LogP contribution < -0.4 is 0 Å². The van der Waals surface area contributed by atoms with Crippen molar-refractivity contribution in [1.29, 1.82) is 0 Å². The highest BCUT2D eigenvalue weighted by atomic mass is 79.9. The van der Waals surface area contributed by atoms with Gasteiger partial charge in [0, 0.05) is 14.5 Å². The molecule has 16 heavy (non-hydrogen) atoms. The fraction of sp³-hybridized carbons (Fsp3) is 0.167. The van der Waals surface area contributed by atoms with Crippen molar-refractivity contribution in [2.45, 2.75) is 13.0 Å². The van der Waals surface area contributed by atoms with E-state index in [0.29, 0.717) is 0 Å². The molecule has 1 heterocycles. The van der Waals surface area contributed by atoms with E-state index in [4.69, 9.17) is 0 Å². The number of benzene rings is 1. The molecule has 1 aromatic heterocycles. The molecule has 0 aliphatic heterocycles. The summed E-state index contributed by atoms with van der Waals surface area (Å²) in [7, 11) is 0. The predicted molar refractivity (Wildman–Crippen MR) is 75.0 cm³/mol. The minimum absolute atomic E-state index is 0.571. The molecular weight excluding hydrogens is 352 g/mol. The van der Waals surface area contributed by atoms with Crippen molar-refractivity contribution in [1.82, 2.24) is 0 Å². The third kappa shape index (κ3) is 2.40. The maximum absolute atomic E-state index is 10.3. The highest BCUT2D eigenvalue weighted by Gasteiger charge is 2.16. The van der Waals surface area contributed by atoms with Crippen molar-refractivity contribution in [2.75, 3.05) is 0 Å². The second-order valence-electron chi connectivity index (χ2n) is 3.58. The van der Waals surface area contributed by atoms with Gasteiger partial charge in [-0.2, -0.15) is 11.3 Å². The lowest BCUT2D eigenvalue weighted by molar-refractivity contribution is 0.219. The molecule has 1 N–H and O–H groups in total. The Bertz CT molecular complexity index is 507. The molecule has 1 nitrogen and oxygen atoms in total. The molecule has 1 aromatic carbocycles. The van der Waals surface area contributed by atoms with E-state index in [1.165, 1.54) is 0 Å². The first kappa shape index (κ1) is 12.3. The van der Waals surface area contributed by atoms with E-state index in [1.54, 1.807) is 11.3 Å². The largest absolute Gasteiger partial charge is 0.384 e. The van der Waals surface area contributed by atoms with Crippen LogP contribution in [0.2, 0.25) is 0 Å². The first-order chi connectivity index (χ1) is 7.59. The summed E-state index contributed by atoms with van der Waals surface area (Å²) in [5, 5.41) is 14.4. The lowest BCUT2D eigenvalue weighted by Gasteiger charge is -2.13. The van der Waals surface area contributed by atoms with Gasteiger partial charge in [-0.1, -0.05) is 31.9 Å². The van der Waals surface area contributed by atoms with E-state index in [0.717, 1.165) is 25.6 Å². The monoisotopic (exact) mass is 360 g/mol. The van der Waals surface area contributed by atoms with Crippen molar-refractivity contribution >= 4 is 43.2 Å². The van der Waals surface area contributed by atoms with Gasteiger partial charge in [0.2, 0.25) is 0 Å². The van der Waals surface area contributed by atoms with Gasteiger partial charge in [-0.25, -0.2) is 0 Å². The summed E-state index contributed by atoms with van der Waals surface area (Å²) in [4.78, 5) is 0. The molecule has 0 saturated carbocycles. The third-order valence-electron chi connectivity index (χ3n) is 2.44. The van der Waals surface area contributed by atoms with Crippen LogP contribution in [0.3, 0.4) is 0 Å². The lowest BCUT2D eigenvalue weighted by Crippen LogP contribution is -2.00. The molecule has 2 rings (SSSR count).